The van der Waals surface area contributed by atoms with Crippen LogP contribution in [0, 0.1) is 0 Å². The number of hydrogen-bond donors (Lipinski definition) is 0. The summed E-state index contributed by atoms with van der Waals surface area (Å²) in [4.78, 5) is 0. The summed E-state index contributed by atoms with van der Waals surface area (Å²) in [5.74, 6) is 0.595. The molecule has 0 aliphatic heterocycles. The fourth-order valence-electron chi connectivity index (χ4n) is 2.83. The Bertz CT molecular complexity index is 658. The summed E-state index contributed by atoms with van der Waals surface area (Å²) in [7, 11) is 9.87. The third-order valence-corrected chi connectivity index (χ3v) is 3.94. The minimum atomic E-state index is -0.826. The van der Waals surface area contributed by atoms with Gasteiger partial charge in [-0.15, -0.1) is 0 Å². The Morgan fingerprint density at radius 1 is 1.00 bits per heavy atom. The molecular weight excluding hydrogens is 390 g/mol. The van der Waals surface area contributed by atoms with E-state index >= 15 is 0 Å². The Labute approximate surface area is 152 Å². The maximum atomic E-state index is 4.93. The van der Waals surface area contributed by atoms with Crippen molar-refractivity contribution in [2.24, 2.45) is 0 Å². The third-order valence-electron chi connectivity index (χ3n) is 3.94. The van der Waals surface area contributed by atoms with Crippen LogP contribution in [0.4, 0.5) is 0 Å². The second kappa shape index (κ2) is 8.48. The molecule has 0 bridgehead atoms. The molecule has 0 spiro atoms. The molecule has 0 atom stereocenters. The molecule has 1 aliphatic rings. The Kier molecular flexibility index (Phi) is 6.94. The molecule has 0 saturated heterocycles. The van der Waals surface area contributed by atoms with Crippen molar-refractivity contribution in [3.63, 3.8) is 0 Å². The van der Waals surface area contributed by atoms with Gasteiger partial charge in [0.05, 0.1) is 0 Å². The average Bonchev–Trinajstić information content (AvgIpc) is 2.88. The number of benzene rings is 2. The molecule has 0 unspecified atom stereocenters. The van der Waals surface area contributed by atoms with Gasteiger partial charge < -0.3 is 0 Å². The van der Waals surface area contributed by atoms with Crippen LogP contribution in [0.5, 0.6) is 0 Å². The van der Waals surface area contributed by atoms with Crippen LogP contribution in [0.15, 0.2) is 48.0 Å². The summed E-state index contributed by atoms with van der Waals surface area (Å²) >= 11 is -0.826. The van der Waals surface area contributed by atoms with Crippen molar-refractivity contribution in [1.29, 1.82) is 0 Å². The fourth-order valence-corrected chi connectivity index (χ4v) is 2.83. The van der Waals surface area contributed by atoms with Gasteiger partial charge in [0.25, 0.3) is 0 Å². The molecule has 2 aromatic rings. The molecule has 0 radical (unpaired) electrons. The van der Waals surface area contributed by atoms with E-state index in [1.165, 1.54) is 33.4 Å². The van der Waals surface area contributed by atoms with Gasteiger partial charge in [-0.05, 0) is 47.1 Å². The zero-order valence-corrected chi connectivity index (χ0v) is 17.1. The van der Waals surface area contributed by atoms with Gasteiger partial charge in [0.1, 0.15) is 0 Å². The Morgan fingerprint density at radius 2 is 1.64 bits per heavy atom. The van der Waals surface area contributed by atoms with Crippen molar-refractivity contribution < 1.29 is 20.8 Å². The molecule has 1 aliphatic carbocycles. The normalized spacial score (nSPS) is 12.4. The summed E-state index contributed by atoms with van der Waals surface area (Å²) in [5.41, 5.74) is 8.43. The number of fused-ring (bicyclic) bond motifs is 1. The van der Waals surface area contributed by atoms with Gasteiger partial charge in [-0.1, -0.05) is 68.0 Å². The van der Waals surface area contributed by atoms with E-state index in [1.807, 2.05) is 0 Å². The molecule has 0 aromatic heterocycles. The predicted molar refractivity (Wildman–Crippen MR) is 95.0 cm³/mol. The predicted octanol–water partition coefficient (Wildman–Crippen LogP) is 6.81. The van der Waals surface area contributed by atoms with Crippen LogP contribution in [0.2, 0.25) is 0 Å². The van der Waals surface area contributed by atoms with Crippen molar-refractivity contribution >= 4 is 23.1 Å². The molecule has 0 N–H and O–H groups in total. The Balaban J connectivity index is 0.000000545. The van der Waals surface area contributed by atoms with Gasteiger partial charge in [-0.3, -0.25) is 0 Å². The van der Waals surface area contributed by atoms with E-state index in [-0.39, 0.29) is 0 Å². The van der Waals surface area contributed by atoms with Crippen molar-refractivity contribution in [1.82, 2.24) is 0 Å². The topological polar surface area (TPSA) is 0 Å². The van der Waals surface area contributed by atoms with Gasteiger partial charge in [-0.2, -0.15) is 0 Å². The Morgan fingerprint density at radius 3 is 2.23 bits per heavy atom. The summed E-state index contributed by atoms with van der Waals surface area (Å²) in [5, 5.41) is 0. The first-order chi connectivity index (χ1) is 10.6. The van der Waals surface area contributed by atoms with E-state index in [0.29, 0.717) is 5.92 Å². The van der Waals surface area contributed by atoms with Gasteiger partial charge in [0.15, 0.2) is 0 Å². The van der Waals surface area contributed by atoms with E-state index in [0.717, 1.165) is 6.42 Å². The molecule has 0 fully saturated rings. The molecular formula is C19H20Cl2Zr. The van der Waals surface area contributed by atoms with Crippen LogP contribution in [-0.2, 0) is 27.3 Å². The molecule has 114 valence electrons. The van der Waals surface area contributed by atoms with Crippen LogP contribution in [0.1, 0.15) is 43.4 Å². The molecule has 0 nitrogen and oxygen atoms in total. The van der Waals surface area contributed by atoms with Gasteiger partial charge >= 0.3 is 37.9 Å². The summed E-state index contributed by atoms with van der Waals surface area (Å²) in [6, 6.07) is 15.7. The molecule has 3 rings (SSSR count). The fraction of sp³-hybridized carbons (Fsp3) is 0.263. The van der Waals surface area contributed by atoms with Crippen LogP contribution in [0.3, 0.4) is 0 Å². The standard InChI is InChI=1S/C19H20.2ClH.Zr/c1-13(2)15-7-9-16(10-8-15)18-6-4-5-17-11-14(3)12-19(17)18;;;/h4-10,12-13H,11H2,1-3H3;2*1H;/q;;;+2/p-2. The third kappa shape index (κ3) is 4.34. The SMILES string of the molecule is CC1=Cc2c(cccc2-c2ccc(C(C)C)cc2)C1.[Cl][Zr][Cl]. The van der Waals surface area contributed by atoms with Crippen LogP contribution < -0.4 is 0 Å². The first-order valence-electron chi connectivity index (χ1n) is 7.42. The van der Waals surface area contributed by atoms with E-state index in [1.54, 1.807) is 0 Å². The van der Waals surface area contributed by atoms with E-state index in [4.69, 9.17) is 17.0 Å². The van der Waals surface area contributed by atoms with Crippen molar-refractivity contribution in [2.45, 2.75) is 33.1 Å². The molecule has 2 aromatic carbocycles. The van der Waals surface area contributed by atoms with Crippen LogP contribution in [0.25, 0.3) is 17.2 Å². The first-order valence-corrected chi connectivity index (χ1v) is 13.8. The van der Waals surface area contributed by atoms with Crippen molar-refractivity contribution in [3.05, 3.63) is 64.7 Å². The quantitative estimate of drug-likeness (QED) is 0.510. The monoisotopic (exact) mass is 408 g/mol. The van der Waals surface area contributed by atoms with Crippen LogP contribution >= 0.6 is 17.0 Å². The van der Waals surface area contributed by atoms with Crippen molar-refractivity contribution in [3.8, 4) is 11.1 Å². The molecule has 22 heavy (non-hydrogen) atoms. The molecule has 0 amide bonds. The molecule has 0 heterocycles. The number of halogens is 2. The zero-order chi connectivity index (χ0) is 16.1. The second-order valence-electron chi connectivity index (χ2n) is 5.89. The average molecular weight is 410 g/mol. The minimum absolute atomic E-state index is 0.595. The van der Waals surface area contributed by atoms with Crippen LogP contribution in [-0.4, -0.2) is 0 Å². The summed E-state index contributed by atoms with van der Waals surface area (Å²) in [6.07, 6.45) is 3.44. The number of hydrogen-bond acceptors (Lipinski definition) is 0. The van der Waals surface area contributed by atoms with Gasteiger partial charge in [0.2, 0.25) is 0 Å². The molecule has 0 saturated carbocycles. The number of rotatable bonds is 2. The maximum absolute atomic E-state index is 4.93. The summed E-state index contributed by atoms with van der Waals surface area (Å²) < 4.78 is 0. The van der Waals surface area contributed by atoms with Crippen molar-refractivity contribution in [2.75, 3.05) is 0 Å². The van der Waals surface area contributed by atoms with E-state index in [9.17, 15) is 0 Å². The zero-order valence-electron chi connectivity index (χ0n) is 13.2. The number of allylic oxidation sites excluding steroid dienone is 1. The van der Waals surface area contributed by atoms with Gasteiger partial charge in [-0.25, -0.2) is 0 Å². The van der Waals surface area contributed by atoms with Gasteiger partial charge in [0, 0.05) is 0 Å². The molecule has 3 heteroatoms. The second-order valence-corrected chi connectivity index (χ2v) is 9.63. The first kappa shape index (κ1) is 18.0. The van der Waals surface area contributed by atoms with E-state index in [2.05, 4.69) is 69.3 Å². The summed E-state index contributed by atoms with van der Waals surface area (Å²) in [6.45, 7) is 6.69. The Hall–Kier alpha value is -0.357. The van der Waals surface area contributed by atoms with E-state index < -0.39 is 20.8 Å².